The SMILES string of the molecule is COc1ccc(CN2CC(CC(=O)C=[N+]=[N-])n3c(cc4ccccc43)C2=O)cc1. The lowest BCUT2D eigenvalue weighted by atomic mass is 10.1. The van der Waals surface area contributed by atoms with Gasteiger partial charge in [-0.05, 0) is 29.8 Å². The molecule has 1 aliphatic heterocycles. The van der Waals surface area contributed by atoms with Gasteiger partial charge in [0.05, 0.1) is 13.2 Å². The predicted molar refractivity (Wildman–Crippen MR) is 108 cm³/mol. The minimum absolute atomic E-state index is 0.0726. The van der Waals surface area contributed by atoms with Crippen molar-refractivity contribution in [2.75, 3.05) is 13.7 Å². The maximum Gasteiger partial charge on any atom is 0.323 e. The number of fused-ring (bicyclic) bond motifs is 3. The Kier molecular flexibility index (Phi) is 4.97. The van der Waals surface area contributed by atoms with E-state index in [4.69, 9.17) is 10.3 Å². The molecule has 0 N–H and O–H groups in total. The van der Waals surface area contributed by atoms with E-state index >= 15 is 0 Å². The Balaban J connectivity index is 1.71. The van der Waals surface area contributed by atoms with Crippen LogP contribution in [-0.2, 0) is 11.3 Å². The zero-order valence-electron chi connectivity index (χ0n) is 16.0. The third-order valence-electron chi connectivity index (χ3n) is 5.22. The van der Waals surface area contributed by atoms with Gasteiger partial charge in [0.25, 0.3) is 5.91 Å². The summed E-state index contributed by atoms with van der Waals surface area (Å²) < 4.78 is 7.13. The number of rotatable bonds is 6. The van der Waals surface area contributed by atoms with Crippen LogP contribution in [0.1, 0.15) is 28.5 Å². The van der Waals surface area contributed by atoms with E-state index in [0.29, 0.717) is 18.8 Å². The number of hydrogen-bond donors (Lipinski definition) is 0. The first-order valence-electron chi connectivity index (χ1n) is 9.33. The zero-order valence-corrected chi connectivity index (χ0v) is 16.0. The molecule has 0 radical (unpaired) electrons. The van der Waals surface area contributed by atoms with Crippen LogP contribution >= 0.6 is 0 Å². The quantitative estimate of drug-likeness (QED) is 0.369. The summed E-state index contributed by atoms with van der Waals surface area (Å²) in [6, 6.07) is 16.9. The number of hydrogen-bond acceptors (Lipinski definition) is 3. The fraction of sp³-hybridized carbons (Fsp3) is 0.227. The van der Waals surface area contributed by atoms with Gasteiger partial charge in [-0.3, -0.25) is 9.59 Å². The van der Waals surface area contributed by atoms with E-state index in [1.165, 1.54) is 0 Å². The number of Topliss-reactive ketones (excluding diaryl/α,β-unsaturated/α-hetero) is 1. The van der Waals surface area contributed by atoms with Crippen molar-refractivity contribution < 1.29 is 19.1 Å². The third kappa shape index (κ3) is 3.56. The molecule has 0 bridgehead atoms. The van der Waals surface area contributed by atoms with E-state index in [9.17, 15) is 9.59 Å². The second-order valence-corrected chi connectivity index (χ2v) is 7.06. The molecule has 0 saturated heterocycles. The molecule has 2 aromatic carbocycles. The van der Waals surface area contributed by atoms with Crippen LogP contribution in [0, 0.1) is 0 Å². The monoisotopic (exact) mass is 388 g/mol. The summed E-state index contributed by atoms with van der Waals surface area (Å²) in [5.74, 6) is 0.391. The lowest BCUT2D eigenvalue weighted by molar-refractivity contribution is -0.116. The van der Waals surface area contributed by atoms with Crippen LogP contribution < -0.4 is 4.74 Å². The van der Waals surface area contributed by atoms with Gasteiger partial charge in [-0.1, -0.05) is 30.3 Å². The molecule has 7 heteroatoms. The molecule has 29 heavy (non-hydrogen) atoms. The highest BCUT2D eigenvalue weighted by atomic mass is 16.5. The van der Waals surface area contributed by atoms with Crippen molar-refractivity contribution >= 4 is 28.8 Å². The Labute approximate surface area is 167 Å². The molecule has 0 spiro atoms. The van der Waals surface area contributed by atoms with Crippen molar-refractivity contribution in [1.29, 1.82) is 0 Å². The van der Waals surface area contributed by atoms with Gasteiger partial charge in [0.15, 0.2) is 0 Å². The summed E-state index contributed by atoms with van der Waals surface area (Å²) in [6.07, 6.45) is 1.05. The van der Waals surface area contributed by atoms with E-state index in [1.54, 1.807) is 12.0 Å². The molecular formula is C22H20N4O3. The fourth-order valence-corrected chi connectivity index (χ4v) is 3.91. The molecule has 146 valence electrons. The van der Waals surface area contributed by atoms with E-state index in [-0.39, 0.29) is 24.2 Å². The number of ether oxygens (including phenoxy) is 1. The summed E-state index contributed by atoms with van der Waals surface area (Å²) in [5, 5.41) is 0.954. The minimum atomic E-state index is -0.292. The molecule has 1 atom stereocenters. The number of nitrogens with zero attached hydrogens (tertiary/aromatic N) is 4. The van der Waals surface area contributed by atoms with Crippen molar-refractivity contribution in [1.82, 2.24) is 9.47 Å². The predicted octanol–water partition coefficient (Wildman–Crippen LogP) is 3.11. The van der Waals surface area contributed by atoms with Gasteiger partial charge in [-0.2, -0.15) is 4.79 Å². The van der Waals surface area contributed by atoms with Gasteiger partial charge in [-0.15, -0.1) is 0 Å². The van der Waals surface area contributed by atoms with Gasteiger partial charge < -0.3 is 19.7 Å². The molecule has 1 aromatic heterocycles. The van der Waals surface area contributed by atoms with E-state index < -0.39 is 0 Å². The highest BCUT2D eigenvalue weighted by Gasteiger charge is 2.34. The van der Waals surface area contributed by atoms with Gasteiger partial charge in [0.2, 0.25) is 5.78 Å². The fourth-order valence-electron chi connectivity index (χ4n) is 3.91. The van der Waals surface area contributed by atoms with Gasteiger partial charge >= 0.3 is 6.21 Å². The Hall–Kier alpha value is -3.70. The molecule has 1 unspecified atom stereocenters. The molecule has 3 aromatic rings. The molecular weight excluding hydrogens is 368 g/mol. The molecule has 2 heterocycles. The van der Waals surface area contributed by atoms with Crippen LogP contribution in [-0.4, -0.2) is 45.8 Å². The third-order valence-corrected chi connectivity index (χ3v) is 5.22. The van der Waals surface area contributed by atoms with Crippen LogP contribution in [0.15, 0.2) is 54.6 Å². The molecule has 1 aliphatic rings. The number of ketones is 1. The highest BCUT2D eigenvalue weighted by Crippen LogP contribution is 2.32. The Morgan fingerprint density at radius 2 is 2.00 bits per heavy atom. The Bertz CT molecular complexity index is 1130. The maximum atomic E-state index is 13.2. The maximum absolute atomic E-state index is 13.2. The van der Waals surface area contributed by atoms with Gasteiger partial charge in [0.1, 0.15) is 11.4 Å². The highest BCUT2D eigenvalue weighted by molar-refractivity contribution is 6.25. The van der Waals surface area contributed by atoms with Gasteiger partial charge in [-0.25, -0.2) is 0 Å². The standard InChI is InChI=1S/C22H20N4O3/c1-29-19-8-6-15(7-9-19)13-25-14-17(11-18(27)12-24-23)26-20-5-3-2-4-16(20)10-21(26)22(25)28/h2-10,12,17H,11,13-14H2,1H3. The number of methoxy groups -OCH3 is 1. The first-order valence-corrected chi connectivity index (χ1v) is 9.33. The molecule has 0 saturated carbocycles. The molecule has 7 nitrogen and oxygen atoms in total. The van der Waals surface area contributed by atoms with Crippen molar-refractivity contribution in [3.8, 4) is 5.75 Å². The Morgan fingerprint density at radius 3 is 2.72 bits per heavy atom. The number of benzene rings is 2. The summed E-state index contributed by atoms with van der Waals surface area (Å²) >= 11 is 0. The second kappa shape index (κ2) is 7.73. The van der Waals surface area contributed by atoms with Crippen molar-refractivity contribution in [2.24, 2.45) is 0 Å². The number of amides is 1. The van der Waals surface area contributed by atoms with E-state index in [0.717, 1.165) is 28.4 Å². The first kappa shape index (κ1) is 18.7. The van der Waals surface area contributed by atoms with E-state index in [2.05, 4.69) is 4.79 Å². The molecule has 0 aliphatic carbocycles. The summed E-state index contributed by atoms with van der Waals surface area (Å²) in [6.45, 7) is 0.824. The molecule has 0 fully saturated rings. The number of carbonyl (C=O) groups is 2. The largest absolute Gasteiger partial charge is 0.497 e. The zero-order chi connectivity index (χ0) is 20.4. The van der Waals surface area contributed by atoms with Gasteiger partial charge in [0, 0.05) is 30.4 Å². The topological polar surface area (TPSA) is 87.9 Å². The number of carbonyl (C=O) groups excluding carboxylic acids is 2. The van der Waals surface area contributed by atoms with E-state index in [1.807, 2.05) is 59.2 Å². The Morgan fingerprint density at radius 1 is 1.24 bits per heavy atom. The first-order chi connectivity index (χ1) is 14.1. The molecule has 1 amide bonds. The number of aromatic nitrogens is 1. The lowest BCUT2D eigenvalue weighted by Crippen LogP contribution is -2.43. The van der Waals surface area contributed by atoms with Crippen LogP contribution in [0.25, 0.3) is 16.4 Å². The smallest absolute Gasteiger partial charge is 0.323 e. The van der Waals surface area contributed by atoms with Crippen molar-refractivity contribution in [2.45, 2.75) is 19.0 Å². The lowest BCUT2D eigenvalue weighted by Gasteiger charge is -2.34. The van der Waals surface area contributed by atoms with Crippen LogP contribution in [0.3, 0.4) is 0 Å². The molecule has 4 rings (SSSR count). The van der Waals surface area contributed by atoms with Crippen LogP contribution in [0.2, 0.25) is 0 Å². The van der Waals surface area contributed by atoms with Crippen molar-refractivity contribution in [3.63, 3.8) is 0 Å². The summed E-state index contributed by atoms with van der Waals surface area (Å²) in [5.41, 5.74) is 11.1. The summed E-state index contributed by atoms with van der Waals surface area (Å²) in [7, 11) is 1.61. The van der Waals surface area contributed by atoms with Crippen LogP contribution in [0.4, 0.5) is 0 Å². The average Bonchev–Trinajstić information content (AvgIpc) is 3.12. The minimum Gasteiger partial charge on any atom is -0.497 e. The average molecular weight is 388 g/mol. The summed E-state index contributed by atoms with van der Waals surface area (Å²) in [4.78, 5) is 30.0. The van der Waals surface area contributed by atoms with Crippen molar-refractivity contribution in [3.05, 3.63) is 71.4 Å². The normalized spacial score (nSPS) is 15.7. The number of para-hydroxylation sites is 1. The second-order valence-electron chi connectivity index (χ2n) is 7.06. The van der Waals surface area contributed by atoms with Crippen LogP contribution in [0.5, 0.6) is 5.75 Å².